The number of halogens is 1. The van der Waals surface area contributed by atoms with Gasteiger partial charge in [0.05, 0.1) is 12.7 Å². The third-order valence-corrected chi connectivity index (χ3v) is 7.10. The molecule has 7 rings (SSSR count). The minimum absolute atomic E-state index is 0.319. The summed E-state index contributed by atoms with van der Waals surface area (Å²) in [6.07, 6.45) is 5.40. The van der Waals surface area contributed by atoms with Crippen molar-refractivity contribution in [1.29, 1.82) is 0 Å². The number of hydrogen-bond acceptors (Lipinski definition) is 6. The van der Waals surface area contributed by atoms with Crippen molar-refractivity contribution in [3.05, 3.63) is 65.5 Å². The molecule has 168 valence electrons. The molecule has 4 aromatic rings. The average Bonchev–Trinajstić information content (AvgIpc) is 3.19. The van der Waals surface area contributed by atoms with E-state index in [9.17, 15) is 4.39 Å². The quantitative estimate of drug-likeness (QED) is 0.517. The molecule has 0 radical (unpaired) electrons. The number of aromatic nitrogens is 5. The van der Waals surface area contributed by atoms with Crippen LogP contribution in [0.2, 0.25) is 0 Å². The third-order valence-electron chi connectivity index (χ3n) is 7.10. The van der Waals surface area contributed by atoms with Crippen LogP contribution in [0.4, 0.5) is 10.2 Å². The van der Waals surface area contributed by atoms with Gasteiger partial charge in [0.2, 0.25) is 0 Å². The van der Waals surface area contributed by atoms with Crippen LogP contribution in [0.1, 0.15) is 35.7 Å². The van der Waals surface area contributed by atoms with Crippen LogP contribution in [0.3, 0.4) is 0 Å². The van der Waals surface area contributed by atoms with E-state index in [1.54, 1.807) is 13.1 Å². The van der Waals surface area contributed by atoms with Crippen LogP contribution in [0.25, 0.3) is 22.6 Å². The molecule has 0 amide bonds. The van der Waals surface area contributed by atoms with Gasteiger partial charge in [-0.2, -0.15) is 0 Å². The first-order valence-electron chi connectivity index (χ1n) is 11.5. The predicted octanol–water partition coefficient (Wildman–Crippen LogP) is 3.78. The predicted molar refractivity (Wildman–Crippen MR) is 125 cm³/mol. The van der Waals surface area contributed by atoms with Crippen molar-refractivity contribution in [1.82, 2.24) is 29.4 Å². The summed E-state index contributed by atoms with van der Waals surface area (Å²) < 4.78 is 15.9. The van der Waals surface area contributed by atoms with Gasteiger partial charge in [-0.3, -0.25) is 4.98 Å². The lowest BCUT2D eigenvalue weighted by molar-refractivity contribution is 0.0871. The number of pyridine rings is 1. The number of hydrogen-bond donors (Lipinski definition) is 1. The molecule has 3 fully saturated rings. The van der Waals surface area contributed by atoms with Crippen LogP contribution in [0.5, 0.6) is 0 Å². The summed E-state index contributed by atoms with van der Waals surface area (Å²) in [7, 11) is 0. The maximum atomic E-state index is 13.9. The molecule has 1 unspecified atom stereocenters. The highest BCUT2D eigenvalue weighted by Crippen LogP contribution is 2.39. The SMILES string of the molecule is Cc1nc(N)c2nc(-c3cncc(F)c3)n(Cc3ccc(C4CN5CCC4CC5)cc3)c2n1. The van der Waals surface area contributed by atoms with E-state index in [1.165, 1.54) is 50.3 Å². The fourth-order valence-electron chi connectivity index (χ4n) is 5.43. The molecule has 0 spiro atoms. The second-order valence-corrected chi connectivity index (χ2v) is 9.23. The molecule has 3 saturated heterocycles. The maximum absolute atomic E-state index is 13.9. The van der Waals surface area contributed by atoms with Gasteiger partial charge in [0.1, 0.15) is 17.5 Å². The number of nitrogens with zero attached hydrogens (tertiary/aromatic N) is 6. The molecular formula is C25H26FN7. The molecule has 3 aromatic heterocycles. The topological polar surface area (TPSA) is 85.8 Å². The van der Waals surface area contributed by atoms with Gasteiger partial charge in [-0.05, 0) is 61.9 Å². The standard InChI is InChI=1S/C25H26FN7/c1-15-29-23(27)22-25(30-15)33(24(31-22)19-10-20(26)12-28-11-19)13-16-2-4-17(5-3-16)21-14-32-8-6-18(21)7-9-32/h2-5,10-12,18,21H,6-9,13-14H2,1H3,(H2,27,29,30). The van der Waals surface area contributed by atoms with Gasteiger partial charge in [0.15, 0.2) is 17.0 Å². The molecular weight excluding hydrogens is 417 g/mol. The van der Waals surface area contributed by atoms with Crippen LogP contribution in [-0.4, -0.2) is 49.0 Å². The molecule has 6 heterocycles. The second kappa shape index (κ2) is 7.88. The van der Waals surface area contributed by atoms with Gasteiger partial charge in [0, 0.05) is 18.3 Å². The fraction of sp³-hybridized carbons (Fsp3) is 0.360. The minimum Gasteiger partial charge on any atom is -0.382 e. The Morgan fingerprint density at radius 3 is 2.55 bits per heavy atom. The fourth-order valence-corrected chi connectivity index (χ4v) is 5.43. The van der Waals surface area contributed by atoms with Gasteiger partial charge < -0.3 is 15.2 Å². The zero-order valence-corrected chi connectivity index (χ0v) is 18.6. The number of benzene rings is 1. The van der Waals surface area contributed by atoms with E-state index >= 15 is 0 Å². The lowest BCUT2D eigenvalue weighted by Gasteiger charge is -2.45. The smallest absolute Gasteiger partial charge is 0.166 e. The summed E-state index contributed by atoms with van der Waals surface area (Å²) in [5, 5.41) is 0. The van der Waals surface area contributed by atoms with E-state index in [0.717, 1.165) is 11.5 Å². The van der Waals surface area contributed by atoms with Crippen molar-refractivity contribution in [2.24, 2.45) is 5.92 Å². The Balaban J connectivity index is 1.38. The molecule has 2 bridgehead atoms. The second-order valence-electron chi connectivity index (χ2n) is 9.23. The molecule has 3 aliphatic rings. The number of nitrogen functional groups attached to an aromatic ring is 1. The highest BCUT2D eigenvalue weighted by Gasteiger charge is 2.34. The first-order chi connectivity index (χ1) is 16.0. The van der Waals surface area contributed by atoms with Gasteiger partial charge in [-0.1, -0.05) is 24.3 Å². The Morgan fingerprint density at radius 1 is 1.06 bits per heavy atom. The Labute approximate surface area is 191 Å². The van der Waals surface area contributed by atoms with Gasteiger partial charge in [0.25, 0.3) is 0 Å². The number of anilines is 1. The van der Waals surface area contributed by atoms with E-state index in [1.807, 2.05) is 4.57 Å². The van der Waals surface area contributed by atoms with Crippen molar-refractivity contribution in [2.45, 2.75) is 32.2 Å². The molecule has 1 atom stereocenters. The summed E-state index contributed by atoms with van der Waals surface area (Å²) in [5.74, 6) is 2.48. The summed E-state index contributed by atoms with van der Waals surface area (Å²) in [5.41, 5.74) is 10.4. The number of fused-ring (bicyclic) bond motifs is 4. The van der Waals surface area contributed by atoms with Crippen molar-refractivity contribution < 1.29 is 4.39 Å². The third kappa shape index (κ3) is 3.64. The minimum atomic E-state index is -0.414. The Morgan fingerprint density at radius 2 is 1.85 bits per heavy atom. The van der Waals surface area contributed by atoms with Crippen LogP contribution in [0, 0.1) is 18.7 Å². The average molecular weight is 444 g/mol. The van der Waals surface area contributed by atoms with E-state index in [0.29, 0.717) is 46.7 Å². The molecule has 1 aromatic carbocycles. The zero-order valence-electron chi connectivity index (χ0n) is 18.6. The first kappa shape index (κ1) is 20.2. The lowest BCUT2D eigenvalue weighted by atomic mass is 9.75. The largest absolute Gasteiger partial charge is 0.382 e. The van der Waals surface area contributed by atoms with Gasteiger partial charge in [-0.15, -0.1) is 0 Å². The Kier molecular flexibility index (Phi) is 4.83. The van der Waals surface area contributed by atoms with Crippen LogP contribution in [-0.2, 0) is 6.54 Å². The zero-order chi connectivity index (χ0) is 22.5. The molecule has 0 aliphatic carbocycles. The number of nitrogens with two attached hydrogens (primary N) is 1. The summed E-state index contributed by atoms with van der Waals surface area (Å²) in [4.78, 5) is 20.1. The number of aryl methyl sites for hydroxylation is 1. The van der Waals surface area contributed by atoms with Crippen molar-refractivity contribution in [3.8, 4) is 11.4 Å². The molecule has 0 saturated carbocycles. The van der Waals surface area contributed by atoms with Crippen LogP contribution >= 0.6 is 0 Å². The highest BCUT2D eigenvalue weighted by molar-refractivity contribution is 5.85. The number of rotatable bonds is 4. The summed E-state index contributed by atoms with van der Waals surface area (Å²) in [6, 6.07) is 10.3. The molecule has 7 nitrogen and oxygen atoms in total. The Hall–Kier alpha value is -3.39. The van der Waals surface area contributed by atoms with E-state index in [4.69, 9.17) is 5.73 Å². The van der Waals surface area contributed by atoms with E-state index in [2.05, 4.69) is 49.1 Å². The number of imidazole rings is 1. The van der Waals surface area contributed by atoms with Gasteiger partial charge >= 0.3 is 0 Å². The van der Waals surface area contributed by atoms with Gasteiger partial charge in [-0.25, -0.2) is 19.3 Å². The van der Waals surface area contributed by atoms with E-state index < -0.39 is 5.82 Å². The number of piperidine rings is 3. The lowest BCUT2D eigenvalue weighted by Crippen LogP contribution is -2.46. The monoisotopic (exact) mass is 443 g/mol. The normalized spacial score (nSPS) is 22.2. The van der Waals surface area contributed by atoms with E-state index in [-0.39, 0.29) is 0 Å². The molecule has 2 N–H and O–H groups in total. The van der Waals surface area contributed by atoms with Crippen LogP contribution < -0.4 is 5.73 Å². The first-order valence-corrected chi connectivity index (χ1v) is 11.5. The molecule has 3 aliphatic heterocycles. The Bertz CT molecular complexity index is 1320. The van der Waals surface area contributed by atoms with Crippen molar-refractivity contribution in [2.75, 3.05) is 25.4 Å². The summed E-state index contributed by atoms with van der Waals surface area (Å²) in [6.45, 7) is 6.00. The highest BCUT2D eigenvalue weighted by atomic mass is 19.1. The summed E-state index contributed by atoms with van der Waals surface area (Å²) >= 11 is 0. The van der Waals surface area contributed by atoms with Crippen LogP contribution in [0.15, 0.2) is 42.7 Å². The molecule has 33 heavy (non-hydrogen) atoms. The molecule has 8 heteroatoms. The van der Waals surface area contributed by atoms with Crippen molar-refractivity contribution >= 4 is 17.0 Å². The maximum Gasteiger partial charge on any atom is 0.166 e. The van der Waals surface area contributed by atoms with Crippen molar-refractivity contribution in [3.63, 3.8) is 0 Å².